The molecular weight excluding hydrogens is 451 g/mol. The van der Waals surface area contributed by atoms with Crippen molar-refractivity contribution in [1.29, 1.82) is 0 Å². The summed E-state index contributed by atoms with van der Waals surface area (Å²) in [5, 5.41) is 5.63. The molecule has 0 radical (unpaired) electrons. The molecule has 2 N–H and O–H groups in total. The molecule has 1 aromatic carbocycles. The fourth-order valence-electron chi connectivity index (χ4n) is 2.64. The Morgan fingerprint density at radius 3 is 2.66 bits per heavy atom. The maximum Gasteiger partial charge on any atom is 0.421 e. The molecule has 29 heavy (non-hydrogen) atoms. The van der Waals surface area contributed by atoms with Crippen molar-refractivity contribution in [3.05, 3.63) is 40.5 Å². The zero-order valence-electron chi connectivity index (χ0n) is 16.2. The second-order valence-corrected chi connectivity index (χ2v) is 7.11. The molecule has 0 saturated heterocycles. The number of halogens is 4. The molecule has 0 aliphatic heterocycles. The number of aromatic nitrogens is 2. The number of amides is 1. The lowest BCUT2D eigenvalue weighted by atomic mass is 10.2. The Balaban J connectivity index is 2.10. The van der Waals surface area contributed by atoms with E-state index in [9.17, 15) is 18.0 Å². The SMILES string of the molecule is CCC(=O)N(CC)CCCNc1nc(Nc2cccc(Br)c2)ncc1C(F)(F)F. The van der Waals surface area contributed by atoms with Crippen molar-refractivity contribution in [3.63, 3.8) is 0 Å². The summed E-state index contributed by atoms with van der Waals surface area (Å²) in [5.74, 6) is -0.226. The van der Waals surface area contributed by atoms with Crippen LogP contribution in [0.1, 0.15) is 32.3 Å². The van der Waals surface area contributed by atoms with Gasteiger partial charge in [0, 0.05) is 42.4 Å². The van der Waals surface area contributed by atoms with Gasteiger partial charge in [0.1, 0.15) is 11.4 Å². The highest BCUT2D eigenvalue weighted by Crippen LogP contribution is 2.34. The van der Waals surface area contributed by atoms with Gasteiger partial charge in [-0.05, 0) is 31.5 Å². The average molecular weight is 474 g/mol. The van der Waals surface area contributed by atoms with Crippen LogP contribution in [0.4, 0.5) is 30.6 Å². The fraction of sp³-hybridized carbons (Fsp3) is 0.421. The van der Waals surface area contributed by atoms with Crippen LogP contribution in [0.5, 0.6) is 0 Å². The molecule has 0 saturated carbocycles. The molecule has 0 aliphatic carbocycles. The second-order valence-electron chi connectivity index (χ2n) is 6.20. The Morgan fingerprint density at radius 2 is 2.03 bits per heavy atom. The first-order chi connectivity index (χ1) is 13.7. The predicted molar refractivity (Wildman–Crippen MR) is 110 cm³/mol. The topological polar surface area (TPSA) is 70.2 Å². The molecule has 10 heteroatoms. The Kier molecular flexibility index (Phi) is 8.24. The van der Waals surface area contributed by atoms with Gasteiger partial charge < -0.3 is 15.5 Å². The predicted octanol–water partition coefficient (Wildman–Crippen LogP) is 5.06. The molecular formula is C19H23BrF3N5O. The van der Waals surface area contributed by atoms with Gasteiger partial charge in [0.05, 0.1) is 0 Å². The van der Waals surface area contributed by atoms with Gasteiger partial charge >= 0.3 is 6.18 Å². The zero-order valence-corrected chi connectivity index (χ0v) is 17.8. The standard InChI is InChI=1S/C19H23BrF3N5O/c1-3-16(29)28(4-2)10-6-9-24-17-15(19(21,22)23)12-25-18(27-17)26-14-8-5-7-13(20)11-14/h5,7-8,11-12H,3-4,6,9-10H2,1-2H3,(H2,24,25,26,27). The number of hydrogen-bond acceptors (Lipinski definition) is 5. The van der Waals surface area contributed by atoms with Gasteiger partial charge in [0.25, 0.3) is 0 Å². The van der Waals surface area contributed by atoms with E-state index < -0.39 is 11.7 Å². The van der Waals surface area contributed by atoms with Crippen LogP contribution in [0.3, 0.4) is 0 Å². The van der Waals surface area contributed by atoms with Crippen LogP contribution in [-0.4, -0.2) is 40.4 Å². The van der Waals surface area contributed by atoms with Crippen LogP contribution < -0.4 is 10.6 Å². The molecule has 0 spiro atoms. The van der Waals surface area contributed by atoms with E-state index in [0.29, 0.717) is 31.6 Å². The Hall–Kier alpha value is -2.36. The number of nitrogens with zero attached hydrogens (tertiary/aromatic N) is 3. The highest BCUT2D eigenvalue weighted by atomic mass is 79.9. The molecule has 1 amide bonds. The highest BCUT2D eigenvalue weighted by Gasteiger charge is 2.35. The minimum absolute atomic E-state index is 0.0195. The van der Waals surface area contributed by atoms with E-state index in [1.54, 1.807) is 30.0 Å². The minimum Gasteiger partial charge on any atom is -0.369 e. The molecule has 2 rings (SSSR count). The molecule has 0 bridgehead atoms. The van der Waals surface area contributed by atoms with E-state index in [2.05, 4.69) is 36.5 Å². The van der Waals surface area contributed by atoms with Crippen molar-refractivity contribution < 1.29 is 18.0 Å². The Morgan fingerprint density at radius 1 is 1.28 bits per heavy atom. The lowest BCUT2D eigenvalue weighted by Crippen LogP contribution is -2.32. The molecule has 1 heterocycles. The average Bonchev–Trinajstić information content (AvgIpc) is 2.67. The molecule has 2 aromatic rings. The monoisotopic (exact) mass is 473 g/mol. The normalized spacial score (nSPS) is 11.2. The molecule has 0 unspecified atom stereocenters. The van der Waals surface area contributed by atoms with Gasteiger partial charge in [-0.25, -0.2) is 4.98 Å². The number of carbonyl (C=O) groups excluding carboxylic acids is 1. The van der Waals surface area contributed by atoms with E-state index in [1.807, 2.05) is 13.0 Å². The van der Waals surface area contributed by atoms with Gasteiger partial charge in [0.15, 0.2) is 0 Å². The first-order valence-corrected chi connectivity index (χ1v) is 10.0. The summed E-state index contributed by atoms with van der Waals surface area (Å²) in [6.07, 6.45) is -2.93. The molecule has 0 atom stereocenters. The quantitative estimate of drug-likeness (QED) is 0.498. The summed E-state index contributed by atoms with van der Waals surface area (Å²) in [4.78, 5) is 21.2. The first kappa shape index (κ1) is 22.9. The smallest absolute Gasteiger partial charge is 0.369 e. The van der Waals surface area contributed by atoms with Crippen molar-refractivity contribution in [2.24, 2.45) is 0 Å². The third-order valence-corrected chi connectivity index (χ3v) is 4.60. The first-order valence-electron chi connectivity index (χ1n) is 9.23. The van der Waals surface area contributed by atoms with Crippen molar-refractivity contribution in [3.8, 4) is 0 Å². The lowest BCUT2D eigenvalue weighted by Gasteiger charge is -2.20. The largest absolute Gasteiger partial charge is 0.421 e. The fourth-order valence-corrected chi connectivity index (χ4v) is 3.04. The number of hydrogen-bond donors (Lipinski definition) is 2. The second kappa shape index (κ2) is 10.4. The molecule has 0 aliphatic rings. The summed E-state index contributed by atoms with van der Waals surface area (Å²) in [7, 11) is 0. The van der Waals surface area contributed by atoms with Crippen LogP contribution in [0.2, 0.25) is 0 Å². The maximum atomic E-state index is 13.3. The number of benzene rings is 1. The van der Waals surface area contributed by atoms with E-state index in [-0.39, 0.29) is 24.2 Å². The number of alkyl halides is 3. The van der Waals surface area contributed by atoms with Crippen molar-refractivity contribution in [2.75, 3.05) is 30.3 Å². The lowest BCUT2D eigenvalue weighted by molar-refractivity contribution is -0.137. The summed E-state index contributed by atoms with van der Waals surface area (Å²) >= 11 is 3.33. The molecule has 158 valence electrons. The Bertz CT molecular complexity index is 832. The van der Waals surface area contributed by atoms with E-state index in [4.69, 9.17) is 0 Å². The number of anilines is 3. The van der Waals surface area contributed by atoms with Crippen LogP contribution in [-0.2, 0) is 11.0 Å². The highest BCUT2D eigenvalue weighted by molar-refractivity contribution is 9.10. The summed E-state index contributed by atoms with van der Waals surface area (Å²) < 4.78 is 40.7. The van der Waals surface area contributed by atoms with Crippen LogP contribution in [0.25, 0.3) is 0 Å². The molecule has 0 fully saturated rings. The maximum absolute atomic E-state index is 13.3. The summed E-state index contributed by atoms with van der Waals surface area (Å²) in [6, 6.07) is 7.13. The number of nitrogens with one attached hydrogen (secondary N) is 2. The van der Waals surface area contributed by atoms with E-state index in [1.165, 1.54) is 0 Å². The summed E-state index contributed by atoms with van der Waals surface area (Å²) in [5.41, 5.74) is -0.295. The Labute approximate surface area is 176 Å². The van der Waals surface area contributed by atoms with Gasteiger partial charge in [-0.1, -0.05) is 28.9 Å². The van der Waals surface area contributed by atoms with Crippen molar-refractivity contribution >= 4 is 39.3 Å². The minimum atomic E-state index is -4.58. The third-order valence-electron chi connectivity index (χ3n) is 4.11. The van der Waals surface area contributed by atoms with Gasteiger partial charge in [-0.2, -0.15) is 18.2 Å². The third kappa shape index (κ3) is 6.88. The van der Waals surface area contributed by atoms with Crippen LogP contribution in [0.15, 0.2) is 34.9 Å². The number of rotatable bonds is 9. The summed E-state index contributed by atoms with van der Waals surface area (Å²) in [6.45, 7) is 4.91. The molecule has 6 nitrogen and oxygen atoms in total. The van der Waals surface area contributed by atoms with Crippen molar-refractivity contribution in [2.45, 2.75) is 32.9 Å². The van der Waals surface area contributed by atoms with Gasteiger partial charge in [0.2, 0.25) is 11.9 Å². The van der Waals surface area contributed by atoms with E-state index in [0.717, 1.165) is 10.7 Å². The van der Waals surface area contributed by atoms with E-state index >= 15 is 0 Å². The molecule has 1 aromatic heterocycles. The van der Waals surface area contributed by atoms with Gasteiger partial charge in [-0.15, -0.1) is 0 Å². The van der Waals surface area contributed by atoms with Gasteiger partial charge in [-0.3, -0.25) is 4.79 Å². The zero-order chi connectivity index (χ0) is 21.4. The van der Waals surface area contributed by atoms with Crippen LogP contribution >= 0.6 is 15.9 Å². The van der Waals surface area contributed by atoms with Crippen LogP contribution in [0, 0.1) is 0 Å². The number of carbonyl (C=O) groups is 1. The van der Waals surface area contributed by atoms with Crippen molar-refractivity contribution in [1.82, 2.24) is 14.9 Å².